The molecule has 33 heavy (non-hydrogen) atoms. The maximum absolute atomic E-state index is 13.6. The monoisotopic (exact) mass is 463 g/mol. The molecule has 0 saturated carbocycles. The van der Waals surface area contributed by atoms with Crippen molar-refractivity contribution >= 4 is 28.6 Å². The fourth-order valence-electron chi connectivity index (χ4n) is 3.73. The number of ether oxygens (including phenoxy) is 1. The Kier molecular flexibility index (Phi) is 6.41. The molecule has 1 aliphatic heterocycles. The number of fused-ring (bicyclic) bond motifs is 1. The van der Waals surface area contributed by atoms with Crippen LogP contribution in [0.25, 0.3) is 11.0 Å². The molecule has 2 aromatic heterocycles. The number of hydrogen-bond donors (Lipinski definition) is 2. The number of nitrogens with one attached hydrogen (secondary N) is 2. The van der Waals surface area contributed by atoms with E-state index in [4.69, 9.17) is 4.42 Å². The van der Waals surface area contributed by atoms with Gasteiger partial charge in [-0.3, -0.25) is 0 Å². The minimum absolute atomic E-state index is 0.00620. The molecule has 176 valence electrons. The molecular weight excluding hydrogens is 439 g/mol. The van der Waals surface area contributed by atoms with E-state index in [0.29, 0.717) is 28.4 Å². The summed E-state index contributed by atoms with van der Waals surface area (Å²) in [6.07, 6.45) is 2.31. The summed E-state index contributed by atoms with van der Waals surface area (Å²) in [7, 11) is 0. The predicted octanol–water partition coefficient (Wildman–Crippen LogP) is 4.62. The van der Waals surface area contributed by atoms with Crippen molar-refractivity contribution in [2.75, 3.05) is 23.3 Å². The number of hydrogen-bond acceptors (Lipinski definition) is 6. The highest BCUT2D eigenvalue weighted by Gasteiger charge is 2.31. The summed E-state index contributed by atoms with van der Waals surface area (Å²) in [6, 6.07) is 3.37. The lowest BCUT2D eigenvalue weighted by atomic mass is 9.98. The molecule has 1 fully saturated rings. The van der Waals surface area contributed by atoms with Crippen LogP contribution in [0.3, 0.4) is 0 Å². The lowest BCUT2D eigenvalue weighted by molar-refractivity contribution is -0.167. The first-order chi connectivity index (χ1) is 15.7. The molecular formula is C22H24F3N5O3. The van der Waals surface area contributed by atoms with Gasteiger partial charge in [0.25, 0.3) is 0 Å². The van der Waals surface area contributed by atoms with E-state index in [9.17, 15) is 18.0 Å². The first-order valence-electron chi connectivity index (χ1n) is 10.5. The Morgan fingerprint density at radius 2 is 1.94 bits per heavy atom. The van der Waals surface area contributed by atoms with Gasteiger partial charge in [0.2, 0.25) is 5.95 Å². The topological polar surface area (TPSA) is 92.5 Å². The normalized spacial score (nSPS) is 15.2. The Balaban J connectivity index is 1.39. The molecule has 3 aromatic rings. The average molecular weight is 463 g/mol. The van der Waals surface area contributed by atoms with Gasteiger partial charge in [-0.05, 0) is 31.0 Å². The van der Waals surface area contributed by atoms with E-state index in [0.717, 1.165) is 5.56 Å². The van der Waals surface area contributed by atoms with Gasteiger partial charge in [-0.1, -0.05) is 13.8 Å². The summed E-state index contributed by atoms with van der Waals surface area (Å²) in [6.45, 7) is 3.45. The number of nitrogens with zero attached hydrogens (tertiary/aromatic N) is 3. The van der Waals surface area contributed by atoms with Crippen molar-refractivity contribution in [2.45, 2.75) is 39.5 Å². The molecule has 0 bridgehead atoms. The van der Waals surface area contributed by atoms with Gasteiger partial charge in [0.05, 0.1) is 30.2 Å². The number of furan rings is 1. The molecule has 1 aromatic carbocycles. The lowest BCUT2D eigenvalue weighted by Gasteiger charge is -2.38. The second-order valence-electron chi connectivity index (χ2n) is 8.25. The third-order valence-corrected chi connectivity index (χ3v) is 5.49. The molecule has 8 nitrogen and oxygen atoms in total. The number of carbonyl (C=O) groups excluding carboxylic acids is 1. The first-order valence-corrected chi connectivity index (χ1v) is 10.5. The zero-order chi connectivity index (χ0) is 23.7. The van der Waals surface area contributed by atoms with Crippen LogP contribution in [-0.2, 0) is 4.74 Å². The number of carbonyl (C=O) groups is 1. The van der Waals surface area contributed by atoms with Crippen LogP contribution in [0.1, 0.15) is 31.2 Å². The quantitative estimate of drug-likeness (QED) is 0.531. The fraction of sp³-hybridized carbons (Fsp3) is 0.409. The number of aryl methyl sites for hydroxylation is 1. The second-order valence-corrected chi connectivity index (χ2v) is 8.25. The van der Waals surface area contributed by atoms with Crippen LogP contribution in [-0.4, -0.2) is 41.8 Å². The standard InChI is InChI=1S/C22H24F3N5O3/c1-11(2)18(19-12(3)16-6-13(23)4-5-17(16)33-19)29-22(31)28-14-7-26-21(27-8-14)30-9-15(10-30)32-20(24)25/h4-8,11,15,18,20H,9-10H2,1-3H3,(H2,28,29,31)/t18-/m0/s1. The van der Waals surface area contributed by atoms with Crippen LogP contribution < -0.4 is 15.5 Å². The van der Waals surface area contributed by atoms with Gasteiger partial charge >= 0.3 is 12.6 Å². The maximum Gasteiger partial charge on any atom is 0.345 e. The number of alkyl halides is 2. The zero-order valence-electron chi connectivity index (χ0n) is 18.3. The fourth-order valence-corrected chi connectivity index (χ4v) is 3.73. The average Bonchev–Trinajstić information content (AvgIpc) is 3.05. The van der Waals surface area contributed by atoms with E-state index in [-0.39, 0.29) is 24.8 Å². The molecule has 1 saturated heterocycles. The van der Waals surface area contributed by atoms with Crippen molar-refractivity contribution in [2.24, 2.45) is 5.92 Å². The number of anilines is 2. The van der Waals surface area contributed by atoms with E-state index in [2.05, 4.69) is 25.3 Å². The van der Waals surface area contributed by atoms with E-state index in [1.807, 2.05) is 20.8 Å². The molecule has 4 rings (SSSR count). The van der Waals surface area contributed by atoms with Gasteiger partial charge in [0.15, 0.2) is 0 Å². The molecule has 2 amide bonds. The molecule has 2 N–H and O–H groups in total. The van der Waals surface area contributed by atoms with Crippen molar-refractivity contribution in [3.63, 3.8) is 0 Å². The molecule has 0 radical (unpaired) electrons. The van der Waals surface area contributed by atoms with Crippen LogP contribution in [0.5, 0.6) is 0 Å². The van der Waals surface area contributed by atoms with Gasteiger partial charge in [-0.25, -0.2) is 19.2 Å². The number of rotatable bonds is 7. The zero-order valence-corrected chi connectivity index (χ0v) is 18.3. The maximum atomic E-state index is 13.6. The van der Waals surface area contributed by atoms with Crippen molar-refractivity contribution in [1.82, 2.24) is 15.3 Å². The van der Waals surface area contributed by atoms with Crippen molar-refractivity contribution < 1.29 is 27.1 Å². The van der Waals surface area contributed by atoms with Gasteiger partial charge in [-0.2, -0.15) is 8.78 Å². The van der Waals surface area contributed by atoms with Crippen LogP contribution in [0.15, 0.2) is 35.0 Å². The van der Waals surface area contributed by atoms with Crippen LogP contribution in [0.2, 0.25) is 0 Å². The van der Waals surface area contributed by atoms with Crippen molar-refractivity contribution in [3.05, 3.63) is 47.7 Å². The van der Waals surface area contributed by atoms with E-state index < -0.39 is 24.8 Å². The van der Waals surface area contributed by atoms with Crippen LogP contribution >= 0.6 is 0 Å². The lowest BCUT2D eigenvalue weighted by Crippen LogP contribution is -2.53. The Morgan fingerprint density at radius 1 is 1.24 bits per heavy atom. The SMILES string of the molecule is Cc1c([C@@H](NC(=O)Nc2cnc(N3CC(OC(F)F)C3)nc2)C(C)C)oc2ccc(F)cc12. The molecule has 0 unspecified atom stereocenters. The predicted molar refractivity (Wildman–Crippen MR) is 116 cm³/mol. The first kappa shape index (κ1) is 22.8. The largest absolute Gasteiger partial charge is 0.459 e. The second kappa shape index (κ2) is 9.26. The van der Waals surface area contributed by atoms with Crippen molar-refractivity contribution in [1.29, 1.82) is 0 Å². The summed E-state index contributed by atoms with van der Waals surface area (Å²) in [5, 5.41) is 6.23. The highest BCUT2D eigenvalue weighted by Crippen LogP contribution is 2.33. The molecule has 11 heteroatoms. The number of halogens is 3. The molecule has 0 aliphatic carbocycles. The Hall–Kier alpha value is -3.34. The summed E-state index contributed by atoms with van der Waals surface area (Å²) in [5.41, 5.74) is 1.68. The summed E-state index contributed by atoms with van der Waals surface area (Å²) < 4.78 is 48.4. The molecule has 3 heterocycles. The van der Waals surface area contributed by atoms with Gasteiger partial charge < -0.3 is 24.7 Å². The highest BCUT2D eigenvalue weighted by atomic mass is 19.3. The van der Waals surface area contributed by atoms with Gasteiger partial charge in [-0.15, -0.1) is 0 Å². The molecule has 1 atom stereocenters. The Bertz CT molecular complexity index is 1130. The summed E-state index contributed by atoms with van der Waals surface area (Å²) in [5.74, 6) is 0.558. The van der Waals surface area contributed by atoms with Crippen molar-refractivity contribution in [3.8, 4) is 0 Å². The minimum atomic E-state index is -2.80. The smallest absolute Gasteiger partial charge is 0.345 e. The van der Waals surface area contributed by atoms with Crippen LogP contribution in [0.4, 0.5) is 29.6 Å². The van der Waals surface area contributed by atoms with E-state index in [1.165, 1.54) is 24.5 Å². The third-order valence-electron chi connectivity index (χ3n) is 5.49. The number of aromatic nitrogens is 2. The summed E-state index contributed by atoms with van der Waals surface area (Å²) in [4.78, 5) is 22.7. The number of benzene rings is 1. The number of urea groups is 1. The Labute approximate surface area is 188 Å². The number of amides is 2. The van der Waals surface area contributed by atoms with Gasteiger partial charge in [0.1, 0.15) is 17.2 Å². The minimum Gasteiger partial charge on any atom is -0.459 e. The third kappa shape index (κ3) is 5.03. The highest BCUT2D eigenvalue weighted by molar-refractivity contribution is 5.89. The van der Waals surface area contributed by atoms with E-state index in [1.54, 1.807) is 11.0 Å². The van der Waals surface area contributed by atoms with Crippen LogP contribution in [0, 0.1) is 18.7 Å². The molecule has 1 aliphatic rings. The van der Waals surface area contributed by atoms with E-state index >= 15 is 0 Å². The Morgan fingerprint density at radius 3 is 2.58 bits per heavy atom. The molecule has 0 spiro atoms. The van der Waals surface area contributed by atoms with Gasteiger partial charge in [0, 0.05) is 24.0 Å². The summed E-state index contributed by atoms with van der Waals surface area (Å²) >= 11 is 0.